The van der Waals surface area contributed by atoms with Crippen LogP contribution >= 0.6 is 11.6 Å². The van der Waals surface area contributed by atoms with Crippen molar-refractivity contribution < 1.29 is 0 Å². The van der Waals surface area contributed by atoms with E-state index in [-0.39, 0.29) is 16.3 Å². The second kappa shape index (κ2) is 2.76. The number of rotatable bonds is 0. The molecular weight excluding hydrogens is 202 g/mol. The summed E-state index contributed by atoms with van der Waals surface area (Å²) < 4.78 is 3.10. The third kappa shape index (κ3) is 0.847. The molecule has 0 bridgehead atoms. The van der Waals surface area contributed by atoms with Gasteiger partial charge in [0.05, 0.1) is 0 Å². The average Bonchev–Trinajstić information content (AvgIpc) is 2.67. The Morgan fingerprint density at radius 1 is 1.43 bits per heavy atom. The van der Waals surface area contributed by atoms with Crippen LogP contribution in [0.15, 0.2) is 6.33 Å². The number of aryl methyl sites for hydroxylation is 1. The Morgan fingerprint density at radius 2 is 2.14 bits per heavy atom. The molecule has 2 heterocycles. The molecule has 0 aliphatic rings. The van der Waals surface area contributed by atoms with Crippen LogP contribution < -0.4 is 0 Å². The Balaban J connectivity index is 3.05. The van der Waals surface area contributed by atoms with Crippen LogP contribution in [0.2, 0.25) is 5.02 Å². The van der Waals surface area contributed by atoms with Crippen molar-refractivity contribution in [3.8, 4) is 12.1 Å². The topological polar surface area (TPSA) is 69.8 Å². The maximum absolute atomic E-state index is 8.88. The molecule has 2 rings (SSSR count). The zero-order valence-corrected chi connectivity index (χ0v) is 7.95. The predicted octanol–water partition coefficient (Wildman–Crippen LogP) is 1.07. The van der Waals surface area contributed by atoms with Crippen molar-refractivity contribution in [1.82, 2.24) is 14.2 Å². The normalized spacial score (nSPS) is 10.0. The quantitative estimate of drug-likeness (QED) is 0.646. The monoisotopic (exact) mass is 205 g/mol. The van der Waals surface area contributed by atoms with E-state index in [4.69, 9.17) is 22.1 Å². The number of fused-ring (bicyclic) bond motifs is 1. The summed E-state index contributed by atoms with van der Waals surface area (Å²) in [6.07, 6.45) is 1.53. The standard InChI is InChI=1S/C8H4ClN5/c1-13-4-12-8-7(9)5(2-10)6(3-11)14(8)13/h4H,1H3. The van der Waals surface area contributed by atoms with Gasteiger partial charge >= 0.3 is 0 Å². The average molecular weight is 206 g/mol. The molecule has 68 valence electrons. The Labute approximate surface area is 84.3 Å². The van der Waals surface area contributed by atoms with Crippen LogP contribution in [0.5, 0.6) is 0 Å². The van der Waals surface area contributed by atoms with Crippen LogP contribution in [0.25, 0.3) is 5.65 Å². The zero-order chi connectivity index (χ0) is 10.3. The summed E-state index contributed by atoms with van der Waals surface area (Å²) in [6, 6.07) is 3.82. The van der Waals surface area contributed by atoms with E-state index in [1.54, 1.807) is 11.7 Å². The fourth-order valence-corrected chi connectivity index (χ4v) is 1.59. The van der Waals surface area contributed by atoms with E-state index in [0.29, 0.717) is 5.65 Å². The third-order valence-electron chi connectivity index (χ3n) is 1.95. The van der Waals surface area contributed by atoms with Crippen LogP contribution in [-0.2, 0) is 7.05 Å². The fraction of sp³-hybridized carbons (Fsp3) is 0.125. The number of halogens is 1. The van der Waals surface area contributed by atoms with Gasteiger partial charge in [0.1, 0.15) is 29.1 Å². The van der Waals surface area contributed by atoms with Crippen molar-refractivity contribution in [2.45, 2.75) is 0 Å². The predicted molar refractivity (Wildman–Crippen MR) is 48.6 cm³/mol. The molecule has 0 aliphatic carbocycles. The molecule has 5 nitrogen and oxygen atoms in total. The van der Waals surface area contributed by atoms with Crippen LogP contribution in [0.3, 0.4) is 0 Å². The lowest BCUT2D eigenvalue weighted by Gasteiger charge is -1.93. The van der Waals surface area contributed by atoms with Gasteiger partial charge in [-0.1, -0.05) is 11.6 Å². The molecule has 0 amide bonds. The van der Waals surface area contributed by atoms with Crippen molar-refractivity contribution in [2.75, 3.05) is 0 Å². The molecule has 0 saturated heterocycles. The molecule has 0 spiro atoms. The van der Waals surface area contributed by atoms with Gasteiger partial charge in [-0.15, -0.1) is 0 Å². The SMILES string of the molecule is Cn1cnc2c(Cl)c(C#N)c(C#N)n21. The van der Waals surface area contributed by atoms with Gasteiger partial charge in [-0.25, -0.2) is 9.50 Å². The first kappa shape index (κ1) is 8.61. The minimum absolute atomic E-state index is 0.174. The van der Waals surface area contributed by atoms with Gasteiger partial charge in [0.15, 0.2) is 11.3 Å². The highest BCUT2D eigenvalue weighted by Crippen LogP contribution is 2.25. The third-order valence-corrected chi connectivity index (χ3v) is 2.30. The molecule has 0 aliphatic heterocycles. The van der Waals surface area contributed by atoms with Gasteiger partial charge in [0.2, 0.25) is 0 Å². The minimum Gasteiger partial charge on any atom is -0.271 e. The van der Waals surface area contributed by atoms with Crippen LogP contribution in [-0.4, -0.2) is 14.2 Å². The summed E-state index contributed by atoms with van der Waals surface area (Å²) >= 11 is 5.88. The zero-order valence-electron chi connectivity index (χ0n) is 7.19. The molecule has 2 aromatic heterocycles. The molecule has 0 unspecified atom stereocenters. The molecule has 2 aromatic rings. The number of aromatic nitrogens is 3. The Hall–Kier alpha value is -1.98. The first-order valence-corrected chi connectivity index (χ1v) is 4.10. The summed E-state index contributed by atoms with van der Waals surface area (Å²) in [7, 11) is 1.72. The van der Waals surface area contributed by atoms with E-state index in [2.05, 4.69) is 4.98 Å². The van der Waals surface area contributed by atoms with Gasteiger partial charge in [-0.05, 0) is 0 Å². The van der Waals surface area contributed by atoms with Gasteiger partial charge in [-0.2, -0.15) is 10.5 Å². The van der Waals surface area contributed by atoms with Gasteiger partial charge in [-0.3, -0.25) is 4.68 Å². The first-order chi connectivity index (χ1) is 6.70. The second-order valence-corrected chi connectivity index (χ2v) is 3.09. The highest BCUT2D eigenvalue weighted by Gasteiger charge is 2.19. The molecule has 0 fully saturated rings. The Morgan fingerprint density at radius 3 is 2.71 bits per heavy atom. The van der Waals surface area contributed by atoms with E-state index in [0.717, 1.165) is 0 Å². The smallest absolute Gasteiger partial charge is 0.174 e. The maximum Gasteiger partial charge on any atom is 0.174 e. The molecule has 6 heteroatoms. The van der Waals surface area contributed by atoms with Gasteiger partial charge in [0, 0.05) is 7.05 Å². The summed E-state index contributed by atoms with van der Waals surface area (Å²) in [5.41, 5.74) is 0.822. The number of nitrogens with zero attached hydrogens (tertiary/aromatic N) is 5. The first-order valence-electron chi connectivity index (χ1n) is 3.72. The highest BCUT2D eigenvalue weighted by molar-refractivity contribution is 6.35. The van der Waals surface area contributed by atoms with Gasteiger partial charge < -0.3 is 0 Å². The fourth-order valence-electron chi connectivity index (χ4n) is 1.33. The van der Waals surface area contributed by atoms with Crippen molar-refractivity contribution in [3.05, 3.63) is 22.6 Å². The van der Waals surface area contributed by atoms with E-state index in [1.807, 2.05) is 12.1 Å². The van der Waals surface area contributed by atoms with Gasteiger partial charge in [0.25, 0.3) is 0 Å². The van der Waals surface area contributed by atoms with E-state index in [1.165, 1.54) is 10.8 Å². The lowest BCUT2D eigenvalue weighted by atomic mass is 10.3. The maximum atomic E-state index is 8.88. The van der Waals surface area contributed by atoms with E-state index in [9.17, 15) is 0 Å². The van der Waals surface area contributed by atoms with Crippen LogP contribution in [0, 0.1) is 22.7 Å². The molecule has 0 atom stereocenters. The molecule has 0 radical (unpaired) electrons. The summed E-state index contributed by atoms with van der Waals surface area (Å²) in [5.74, 6) is 0. The second-order valence-electron chi connectivity index (χ2n) is 2.71. The van der Waals surface area contributed by atoms with Crippen molar-refractivity contribution >= 4 is 17.2 Å². The van der Waals surface area contributed by atoms with Crippen molar-refractivity contribution in [2.24, 2.45) is 7.05 Å². The van der Waals surface area contributed by atoms with Crippen LogP contribution in [0.4, 0.5) is 0 Å². The van der Waals surface area contributed by atoms with E-state index >= 15 is 0 Å². The van der Waals surface area contributed by atoms with Crippen molar-refractivity contribution in [1.29, 1.82) is 10.5 Å². The number of hydrogen-bond donors (Lipinski definition) is 0. The summed E-state index contributed by atoms with van der Waals surface area (Å²) in [5, 5.41) is 17.9. The molecule has 0 N–H and O–H groups in total. The molecule has 0 saturated carbocycles. The summed E-state index contributed by atoms with van der Waals surface area (Å²) in [6.45, 7) is 0. The van der Waals surface area contributed by atoms with Crippen molar-refractivity contribution in [3.63, 3.8) is 0 Å². The lowest BCUT2D eigenvalue weighted by Crippen LogP contribution is -2.00. The minimum atomic E-state index is 0.174. The molecule has 14 heavy (non-hydrogen) atoms. The highest BCUT2D eigenvalue weighted by atomic mass is 35.5. The van der Waals surface area contributed by atoms with Crippen LogP contribution in [0.1, 0.15) is 11.3 Å². The Bertz CT molecular complexity index is 592. The number of nitriles is 2. The lowest BCUT2D eigenvalue weighted by molar-refractivity contribution is 0.700. The number of hydrogen-bond acceptors (Lipinski definition) is 3. The Kier molecular flexibility index (Phi) is 1.70. The summed E-state index contributed by atoms with van der Waals surface area (Å²) in [4.78, 5) is 3.99. The molecule has 0 aromatic carbocycles. The molecular formula is C8H4ClN5. The largest absolute Gasteiger partial charge is 0.271 e. The van der Waals surface area contributed by atoms with E-state index < -0.39 is 0 Å².